The molecule has 0 saturated carbocycles. The summed E-state index contributed by atoms with van der Waals surface area (Å²) in [5.41, 5.74) is -0.168. The zero-order valence-electron chi connectivity index (χ0n) is 14.2. The normalized spacial score (nSPS) is 13.3. The van der Waals surface area contributed by atoms with E-state index in [4.69, 9.17) is 0 Å². The highest BCUT2D eigenvalue weighted by atomic mass is 19.4. The minimum atomic E-state index is -4.57. The van der Waals surface area contributed by atoms with Crippen LogP contribution in [-0.2, 0) is 19.3 Å². The molecule has 0 saturated heterocycles. The number of benzene rings is 2. The van der Waals surface area contributed by atoms with Gasteiger partial charge in [0.2, 0.25) is 0 Å². The van der Waals surface area contributed by atoms with Crippen molar-refractivity contribution in [3.05, 3.63) is 70.1 Å². The average molecular weight is 364 g/mol. The fourth-order valence-corrected chi connectivity index (χ4v) is 3.21. The Morgan fingerprint density at radius 2 is 1.58 bits per heavy atom. The van der Waals surface area contributed by atoms with Crippen molar-refractivity contribution in [3.8, 4) is 0 Å². The number of rotatable bonds is 5. The van der Waals surface area contributed by atoms with Crippen LogP contribution in [0.15, 0.2) is 53.3 Å². The number of para-hydroxylation sites is 2. The summed E-state index contributed by atoms with van der Waals surface area (Å²) in [6.07, 6.45) is -5.28. The molecule has 4 nitrogen and oxygen atoms in total. The van der Waals surface area contributed by atoms with Crippen LogP contribution in [0.5, 0.6) is 0 Å². The molecular formula is C19H19F3N2O2. The molecule has 7 heteroatoms. The molecule has 0 unspecified atom stereocenters. The minimum Gasteiger partial charge on any atom is -0.387 e. The van der Waals surface area contributed by atoms with Gasteiger partial charge in [0.05, 0.1) is 29.2 Å². The van der Waals surface area contributed by atoms with Crippen molar-refractivity contribution < 1.29 is 18.3 Å². The molecule has 0 aliphatic rings. The average Bonchev–Trinajstić information content (AvgIpc) is 2.87. The molecule has 26 heavy (non-hydrogen) atoms. The first-order valence-electron chi connectivity index (χ1n) is 8.36. The second-order valence-corrected chi connectivity index (χ2v) is 6.13. The van der Waals surface area contributed by atoms with Gasteiger partial charge < -0.3 is 5.11 Å². The van der Waals surface area contributed by atoms with Gasteiger partial charge in [0.15, 0.2) is 0 Å². The molecule has 1 atom stereocenters. The summed E-state index contributed by atoms with van der Waals surface area (Å²) >= 11 is 0. The van der Waals surface area contributed by atoms with Gasteiger partial charge in [-0.1, -0.05) is 37.3 Å². The van der Waals surface area contributed by atoms with Crippen LogP contribution in [0.2, 0.25) is 0 Å². The van der Waals surface area contributed by atoms with Crippen molar-refractivity contribution >= 4 is 11.0 Å². The molecule has 0 aliphatic heterocycles. The molecule has 0 aliphatic carbocycles. The number of hydrogen-bond donors (Lipinski definition) is 1. The van der Waals surface area contributed by atoms with Gasteiger partial charge in [0.1, 0.15) is 0 Å². The molecule has 3 rings (SSSR count). The van der Waals surface area contributed by atoms with Gasteiger partial charge in [0, 0.05) is 6.54 Å². The van der Waals surface area contributed by atoms with Gasteiger partial charge in [-0.25, -0.2) is 4.79 Å². The SMILES string of the molecule is CCCn1c(=O)n(C[C@@H](O)c2ccccc2C(F)(F)F)c2ccccc21. The van der Waals surface area contributed by atoms with E-state index in [1.807, 2.05) is 6.92 Å². The van der Waals surface area contributed by atoms with E-state index in [1.165, 1.54) is 22.8 Å². The maximum Gasteiger partial charge on any atom is 0.416 e. The van der Waals surface area contributed by atoms with Gasteiger partial charge in [0.25, 0.3) is 0 Å². The predicted molar refractivity (Wildman–Crippen MR) is 92.9 cm³/mol. The number of halogens is 3. The highest BCUT2D eigenvalue weighted by Crippen LogP contribution is 2.35. The van der Waals surface area contributed by atoms with Gasteiger partial charge in [-0.15, -0.1) is 0 Å². The molecule has 3 aromatic rings. The Morgan fingerprint density at radius 3 is 2.19 bits per heavy atom. The zero-order valence-corrected chi connectivity index (χ0v) is 14.2. The van der Waals surface area contributed by atoms with Crippen LogP contribution >= 0.6 is 0 Å². The molecule has 2 aromatic carbocycles. The molecule has 0 radical (unpaired) electrons. The van der Waals surface area contributed by atoms with Crippen LogP contribution in [-0.4, -0.2) is 14.2 Å². The fraction of sp³-hybridized carbons (Fsp3) is 0.316. The minimum absolute atomic E-state index is 0.237. The van der Waals surface area contributed by atoms with E-state index in [0.717, 1.165) is 12.5 Å². The highest BCUT2D eigenvalue weighted by Gasteiger charge is 2.34. The van der Waals surface area contributed by atoms with Crippen LogP contribution in [0.1, 0.15) is 30.6 Å². The number of hydrogen-bond acceptors (Lipinski definition) is 2. The van der Waals surface area contributed by atoms with E-state index in [9.17, 15) is 23.1 Å². The lowest BCUT2D eigenvalue weighted by molar-refractivity contribution is -0.139. The van der Waals surface area contributed by atoms with Gasteiger partial charge in [-0.3, -0.25) is 9.13 Å². The first-order valence-corrected chi connectivity index (χ1v) is 8.36. The van der Waals surface area contributed by atoms with Crippen LogP contribution in [0, 0.1) is 0 Å². The molecule has 138 valence electrons. The molecule has 1 N–H and O–H groups in total. The van der Waals surface area contributed by atoms with E-state index in [0.29, 0.717) is 17.6 Å². The quantitative estimate of drug-likeness (QED) is 0.745. The molecule has 1 aromatic heterocycles. The maximum absolute atomic E-state index is 13.2. The number of aliphatic hydroxyl groups is 1. The number of fused-ring (bicyclic) bond motifs is 1. The third kappa shape index (κ3) is 3.26. The Hall–Kier alpha value is -2.54. The molecule has 0 fully saturated rings. The molecule has 1 heterocycles. The van der Waals surface area contributed by atoms with E-state index in [2.05, 4.69) is 0 Å². The third-order valence-electron chi connectivity index (χ3n) is 4.35. The number of nitrogens with zero attached hydrogens (tertiary/aromatic N) is 2. The lowest BCUT2D eigenvalue weighted by atomic mass is 10.0. The highest BCUT2D eigenvalue weighted by molar-refractivity contribution is 5.76. The molecule has 0 amide bonds. The van der Waals surface area contributed by atoms with Crippen molar-refractivity contribution in [2.45, 2.75) is 38.7 Å². The summed E-state index contributed by atoms with van der Waals surface area (Å²) in [6.45, 7) is 2.19. The van der Waals surface area contributed by atoms with E-state index < -0.39 is 17.8 Å². The number of aryl methyl sites for hydroxylation is 1. The number of aliphatic hydroxyl groups excluding tert-OH is 1. The smallest absolute Gasteiger partial charge is 0.387 e. The van der Waals surface area contributed by atoms with Crippen molar-refractivity contribution in [3.63, 3.8) is 0 Å². The summed E-state index contributed by atoms with van der Waals surface area (Å²) in [7, 11) is 0. The van der Waals surface area contributed by atoms with Gasteiger partial charge in [-0.2, -0.15) is 13.2 Å². The van der Waals surface area contributed by atoms with E-state index in [-0.39, 0.29) is 17.8 Å². The van der Waals surface area contributed by atoms with Crippen molar-refractivity contribution in [2.24, 2.45) is 0 Å². The van der Waals surface area contributed by atoms with Crippen molar-refractivity contribution in [2.75, 3.05) is 0 Å². The summed E-state index contributed by atoms with van der Waals surface area (Å²) in [4.78, 5) is 12.7. The zero-order chi connectivity index (χ0) is 18.9. The second kappa shape index (κ2) is 6.99. The Morgan fingerprint density at radius 1 is 1.00 bits per heavy atom. The first kappa shape index (κ1) is 18.3. The third-order valence-corrected chi connectivity index (χ3v) is 4.35. The molecular weight excluding hydrogens is 345 g/mol. The summed E-state index contributed by atoms with van der Waals surface area (Å²) in [5, 5.41) is 10.5. The Bertz CT molecular complexity index is 973. The molecule has 0 spiro atoms. The van der Waals surface area contributed by atoms with Crippen LogP contribution in [0.4, 0.5) is 13.2 Å². The topological polar surface area (TPSA) is 47.2 Å². The summed E-state index contributed by atoms with van der Waals surface area (Å²) in [6, 6.07) is 12.0. The Kier molecular flexibility index (Phi) is 4.91. The van der Waals surface area contributed by atoms with Crippen molar-refractivity contribution in [1.82, 2.24) is 9.13 Å². The van der Waals surface area contributed by atoms with Crippen LogP contribution < -0.4 is 5.69 Å². The van der Waals surface area contributed by atoms with Crippen LogP contribution in [0.3, 0.4) is 0 Å². The lowest BCUT2D eigenvalue weighted by Gasteiger charge is -2.18. The lowest BCUT2D eigenvalue weighted by Crippen LogP contribution is -2.27. The number of aromatic nitrogens is 2. The second-order valence-electron chi connectivity index (χ2n) is 6.13. The van der Waals surface area contributed by atoms with E-state index in [1.54, 1.807) is 28.8 Å². The predicted octanol–water partition coefficient (Wildman–Crippen LogP) is 3.97. The Labute approximate surface area is 148 Å². The first-order chi connectivity index (χ1) is 12.3. The summed E-state index contributed by atoms with van der Waals surface area (Å²) in [5.74, 6) is 0. The Balaban J connectivity index is 2.06. The van der Waals surface area contributed by atoms with Gasteiger partial charge >= 0.3 is 11.9 Å². The summed E-state index contributed by atoms with van der Waals surface area (Å²) < 4.78 is 42.5. The van der Waals surface area contributed by atoms with Gasteiger partial charge in [-0.05, 0) is 30.2 Å². The number of imidazole rings is 1. The van der Waals surface area contributed by atoms with Crippen molar-refractivity contribution in [1.29, 1.82) is 0 Å². The molecule has 0 bridgehead atoms. The largest absolute Gasteiger partial charge is 0.416 e. The monoisotopic (exact) mass is 364 g/mol. The van der Waals surface area contributed by atoms with Crippen LogP contribution in [0.25, 0.3) is 11.0 Å². The van der Waals surface area contributed by atoms with E-state index >= 15 is 0 Å². The fourth-order valence-electron chi connectivity index (χ4n) is 3.21. The standard InChI is InChI=1S/C19H19F3N2O2/c1-2-11-23-15-9-5-6-10-16(15)24(18(23)26)12-17(25)13-7-3-4-8-14(13)19(20,21)22/h3-10,17,25H,2,11-12H2,1H3/t17-/m1/s1. The maximum atomic E-state index is 13.2. The number of alkyl halides is 3.